The summed E-state index contributed by atoms with van der Waals surface area (Å²) < 4.78 is 0. The Morgan fingerprint density at radius 3 is 2.69 bits per heavy atom. The van der Waals surface area contributed by atoms with Gasteiger partial charge in [-0.05, 0) is 37.1 Å². The first-order valence-electron chi connectivity index (χ1n) is 7.04. The van der Waals surface area contributed by atoms with Gasteiger partial charge in [-0.25, -0.2) is 0 Å². The largest absolute Gasteiger partial charge is 0.313 e. The molecule has 0 heterocycles. The molecular formula is C15H29N. The lowest BCUT2D eigenvalue weighted by atomic mass is 9.81. The third-order valence-electron chi connectivity index (χ3n) is 3.75. The van der Waals surface area contributed by atoms with Crippen LogP contribution < -0.4 is 5.32 Å². The zero-order valence-electron chi connectivity index (χ0n) is 11.6. The van der Waals surface area contributed by atoms with E-state index in [9.17, 15) is 0 Å². The van der Waals surface area contributed by atoms with Gasteiger partial charge in [0.15, 0.2) is 0 Å². The molecule has 0 aromatic rings. The zero-order valence-corrected chi connectivity index (χ0v) is 11.6. The third-order valence-corrected chi connectivity index (χ3v) is 3.75. The molecule has 1 N–H and O–H groups in total. The van der Waals surface area contributed by atoms with Gasteiger partial charge in [-0.1, -0.05) is 52.2 Å². The summed E-state index contributed by atoms with van der Waals surface area (Å²) >= 11 is 0. The maximum Gasteiger partial charge on any atom is 0.0167 e. The number of hydrogen-bond acceptors (Lipinski definition) is 1. The van der Waals surface area contributed by atoms with Crippen LogP contribution in [0.5, 0.6) is 0 Å². The van der Waals surface area contributed by atoms with E-state index in [2.05, 4.69) is 39.1 Å². The van der Waals surface area contributed by atoms with Gasteiger partial charge in [-0.3, -0.25) is 0 Å². The average Bonchev–Trinajstić information content (AvgIpc) is 2.24. The number of rotatable bonds is 5. The molecule has 16 heavy (non-hydrogen) atoms. The SMILES string of the molecule is CCNCC(=CC1CCCC(C)C1)C(C)C. The van der Waals surface area contributed by atoms with Crippen molar-refractivity contribution in [1.82, 2.24) is 5.32 Å². The summed E-state index contributed by atoms with van der Waals surface area (Å²) in [6.45, 7) is 11.4. The molecule has 0 bridgehead atoms. The van der Waals surface area contributed by atoms with Gasteiger partial charge in [-0.2, -0.15) is 0 Å². The molecule has 94 valence electrons. The Labute approximate surface area is 102 Å². The summed E-state index contributed by atoms with van der Waals surface area (Å²) in [5.41, 5.74) is 1.61. The van der Waals surface area contributed by atoms with E-state index in [-0.39, 0.29) is 0 Å². The molecule has 0 aromatic carbocycles. The molecule has 1 aliphatic rings. The number of likely N-dealkylation sites (N-methyl/N-ethyl adjacent to an activating group) is 1. The van der Waals surface area contributed by atoms with Gasteiger partial charge in [0.2, 0.25) is 0 Å². The Bertz CT molecular complexity index is 217. The van der Waals surface area contributed by atoms with Gasteiger partial charge < -0.3 is 5.32 Å². The Morgan fingerprint density at radius 2 is 2.12 bits per heavy atom. The van der Waals surface area contributed by atoms with Crippen LogP contribution in [-0.2, 0) is 0 Å². The molecule has 2 unspecified atom stereocenters. The molecule has 1 aliphatic carbocycles. The lowest BCUT2D eigenvalue weighted by Crippen LogP contribution is -2.20. The van der Waals surface area contributed by atoms with Crippen LogP contribution in [0.1, 0.15) is 53.4 Å². The zero-order chi connectivity index (χ0) is 12.0. The number of hydrogen-bond donors (Lipinski definition) is 1. The normalized spacial score (nSPS) is 27.4. The summed E-state index contributed by atoms with van der Waals surface area (Å²) in [6, 6.07) is 0. The second-order valence-corrected chi connectivity index (χ2v) is 5.71. The predicted octanol–water partition coefficient (Wildman–Crippen LogP) is 4.00. The molecule has 1 heteroatoms. The van der Waals surface area contributed by atoms with E-state index in [1.165, 1.54) is 25.7 Å². The van der Waals surface area contributed by atoms with Crippen LogP contribution in [0.4, 0.5) is 0 Å². The summed E-state index contributed by atoms with van der Waals surface area (Å²) in [7, 11) is 0. The minimum atomic E-state index is 0.691. The Balaban J connectivity index is 2.54. The molecule has 0 saturated heterocycles. The topological polar surface area (TPSA) is 12.0 Å². The van der Waals surface area contributed by atoms with Crippen molar-refractivity contribution in [3.63, 3.8) is 0 Å². The first kappa shape index (κ1) is 13.8. The van der Waals surface area contributed by atoms with Crippen molar-refractivity contribution in [1.29, 1.82) is 0 Å². The van der Waals surface area contributed by atoms with E-state index in [1.807, 2.05) is 0 Å². The van der Waals surface area contributed by atoms with Gasteiger partial charge in [0.1, 0.15) is 0 Å². The van der Waals surface area contributed by atoms with Gasteiger partial charge >= 0.3 is 0 Å². The summed E-state index contributed by atoms with van der Waals surface area (Å²) in [5, 5.41) is 3.46. The van der Waals surface area contributed by atoms with Crippen molar-refractivity contribution in [2.45, 2.75) is 53.4 Å². The Morgan fingerprint density at radius 1 is 1.38 bits per heavy atom. The van der Waals surface area contributed by atoms with E-state index in [0.717, 1.165) is 24.9 Å². The van der Waals surface area contributed by atoms with E-state index >= 15 is 0 Å². The van der Waals surface area contributed by atoms with Crippen LogP contribution in [0, 0.1) is 17.8 Å². The average molecular weight is 223 g/mol. The standard InChI is InChI=1S/C15H29N/c1-5-16-11-15(12(2)3)10-14-8-6-7-13(4)9-14/h10,12-14,16H,5-9,11H2,1-4H3. The Kier molecular flexibility index (Phi) is 6.12. The van der Waals surface area contributed by atoms with Gasteiger partial charge in [0.25, 0.3) is 0 Å². The molecule has 1 nitrogen and oxygen atoms in total. The number of allylic oxidation sites excluding steroid dienone is 1. The van der Waals surface area contributed by atoms with E-state index in [0.29, 0.717) is 5.92 Å². The quantitative estimate of drug-likeness (QED) is 0.695. The fourth-order valence-electron chi connectivity index (χ4n) is 2.66. The molecule has 1 rings (SSSR count). The van der Waals surface area contributed by atoms with Crippen LogP contribution in [-0.4, -0.2) is 13.1 Å². The minimum absolute atomic E-state index is 0.691. The molecule has 0 aliphatic heterocycles. The predicted molar refractivity (Wildman–Crippen MR) is 72.6 cm³/mol. The minimum Gasteiger partial charge on any atom is -0.313 e. The summed E-state index contributed by atoms with van der Waals surface area (Å²) in [5.74, 6) is 2.47. The maximum absolute atomic E-state index is 3.46. The highest BCUT2D eigenvalue weighted by Gasteiger charge is 2.18. The summed E-state index contributed by atoms with van der Waals surface area (Å²) in [4.78, 5) is 0. The fraction of sp³-hybridized carbons (Fsp3) is 0.867. The molecular weight excluding hydrogens is 194 g/mol. The van der Waals surface area contributed by atoms with Crippen molar-refractivity contribution >= 4 is 0 Å². The monoisotopic (exact) mass is 223 g/mol. The van der Waals surface area contributed by atoms with Crippen LogP contribution in [0.15, 0.2) is 11.6 Å². The van der Waals surface area contributed by atoms with Gasteiger partial charge in [-0.15, -0.1) is 0 Å². The highest BCUT2D eigenvalue weighted by Crippen LogP contribution is 2.30. The van der Waals surface area contributed by atoms with E-state index in [1.54, 1.807) is 5.57 Å². The lowest BCUT2D eigenvalue weighted by molar-refractivity contribution is 0.323. The lowest BCUT2D eigenvalue weighted by Gasteiger charge is -2.26. The highest BCUT2D eigenvalue weighted by molar-refractivity contribution is 5.09. The van der Waals surface area contributed by atoms with E-state index in [4.69, 9.17) is 0 Å². The van der Waals surface area contributed by atoms with Crippen molar-refractivity contribution in [2.75, 3.05) is 13.1 Å². The molecule has 0 amide bonds. The van der Waals surface area contributed by atoms with Gasteiger partial charge in [0.05, 0.1) is 0 Å². The smallest absolute Gasteiger partial charge is 0.0167 e. The Hall–Kier alpha value is -0.300. The molecule has 0 spiro atoms. The molecule has 1 saturated carbocycles. The molecule has 0 aromatic heterocycles. The molecule has 0 radical (unpaired) electrons. The van der Waals surface area contributed by atoms with Crippen LogP contribution in [0.3, 0.4) is 0 Å². The van der Waals surface area contributed by atoms with Crippen molar-refractivity contribution in [3.05, 3.63) is 11.6 Å². The van der Waals surface area contributed by atoms with Crippen LogP contribution >= 0.6 is 0 Å². The first-order valence-corrected chi connectivity index (χ1v) is 7.04. The number of nitrogens with one attached hydrogen (secondary N) is 1. The maximum atomic E-state index is 3.46. The highest BCUT2D eigenvalue weighted by atomic mass is 14.8. The van der Waals surface area contributed by atoms with Crippen molar-refractivity contribution in [2.24, 2.45) is 17.8 Å². The van der Waals surface area contributed by atoms with Crippen LogP contribution in [0.2, 0.25) is 0 Å². The second-order valence-electron chi connectivity index (χ2n) is 5.71. The fourth-order valence-corrected chi connectivity index (χ4v) is 2.66. The summed E-state index contributed by atoms with van der Waals surface area (Å²) in [6.07, 6.45) is 8.25. The third kappa shape index (κ3) is 4.69. The van der Waals surface area contributed by atoms with Crippen molar-refractivity contribution < 1.29 is 0 Å². The van der Waals surface area contributed by atoms with E-state index < -0.39 is 0 Å². The van der Waals surface area contributed by atoms with Gasteiger partial charge in [0, 0.05) is 6.54 Å². The second kappa shape index (κ2) is 7.11. The van der Waals surface area contributed by atoms with Crippen molar-refractivity contribution in [3.8, 4) is 0 Å². The first-order chi connectivity index (χ1) is 7.63. The van der Waals surface area contributed by atoms with Crippen LogP contribution in [0.25, 0.3) is 0 Å². The molecule has 1 fully saturated rings. The molecule has 2 atom stereocenters.